The van der Waals surface area contributed by atoms with E-state index in [-0.39, 0.29) is 5.91 Å². The number of aromatic nitrogens is 1. The lowest BCUT2D eigenvalue weighted by Gasteiger charge is -2.12. The smallest absolute Gasteiger partial charge is 0.269 e. The molecule has 1 aromatic heterocycles. The Morgan fingerprint density at radius 1 is 1.37 bits per heavy atom. The molecule has 0 saturated carbocycles. The van der Waals surface area contributed by atoms with Crippen molar-refractivity contribution in [1.82, 2.24) is 4.98 Å². The van der Waals surface area contributed by atoms with E-state index in [1.165, 1.54) is 0 Å². The molecular formula is C12H14N4OS2. The molecule has 0 aliphatic rings. The second-order valence-electron chi connectivity index (χ2n) is 4.15. The molecule has 19 heavy (non-hydrogen) atoms. The maximum atomic E-state index is 12.0. The van der Waals surface area contributed by atoms with Crippen molar-refractivity contribution < 1.29 is 4.79 Å². The summed E-state index contributed by atoms with van der Waals surface area (Å²) in [6, 6.07) is 7.54. The van der Waals surface area contributed by atoms with Crippen LogP contribution in [0.4, 0.5) is 17.2 Å². The number of anilines is 3. The summed E-state index contributed by atoms with van der Waals surface area (Å²) >= 11 is 6.11. The molecule has 1 heterocycles. The summed E-state index contributed by atoms with van der Waals surface area (Å²) in [6.07, 6.45) is 0. The van der Waals surface area contributed by atoms with Gasteiger partial charge in [0.25, 0.3) is 5.91 Å². The Labute approximate surface area is 120 Å². The first kappa shape index (κ1) is 13.6. The molecule has 100 valence electrons. The molecule has 7 heteroatoms. The van der Waals surface area contributed by atoms with E-state index in [0.29, 0.717) is 20.3 Å². The zero-order valence-corrected chi connectivity index (χ0v) is 12.2. The maximum absolute atomic E-state index is 12.0. The molecule has 0 fully saturated rings. The van der Waals surface area contributed by atoms with Gasteiger partial charge < -0.3 is 20.9 Å². The number of thiazole rings is 1. The average Bonchev–Trinajstić information content (AvgIpc) is 2.69. The van der Waals surface area contributed by atoms with E-state index >= 15 is 0 Å². The highest BCUT2D eigenvalue weighted by molar-refractivity contribution is 7.73. The third kappa shape index (κ3) is 3.12. The van der Waals surface area contributed by atoms with Gasteiger partial charge in [-0.2, -0.15) is 0 Å². The second-order valence-corrected chi connectivity index (χ2v) is 5.84. The van der Waals surface area contributed by atoms with Gasteiger partial charge in [-0.25, -0.2) is 0 Å². The Bertz CT molecular complexity index is 642. The molecule has 1 aromatic carbocycles. The highest BCUT2D eigenvalue weighted by Crippen LogP contribution is 2.20. The van der Waals surface area contributed by atoms with Crippen molar-refractivity contribution in [2.45, 2.75) is 0 Å². The molecule has 2 rings (SSSR count). The number of carbonyl (C=O) groups is 1. The summed E-state index contributed by atoms with van der Waals surface area (Å²) in [5, 5.41) is 2.79. The molecule has 4 N–H and O–H groups in total. The van der Waals surface area contributed by atoms with Crippen LogP contribution in [0.25, 0.3) is 0 Å². The Morgan fingerprint density at radius 2 is 2.00 bits per heavy atom. The van der Waals surface area contributed by atoms with Crippen LogP contribution in [-0.2, 0) is 0 Å². The number of benzene rings is 1. The minimum Gasteiger partial charge on any atom is -0.384 e. The normalized spacial score (nSPS) is 10.2. The van der Waals surface area contributed by atoms with Gasteiger partial charge in [-0.3, -0.25) is 4.79 Å². The molecular weight excluding hydrogens is 280 g/mol. The van der Waals surface area contributed by atoms with Crippen molar-refractivity contribution in [3.63, 3.8) is 0 Å². The van der Waals surface area contributed by atoms with Crippen LogP contribution in [0.3, 0.4) is 0 Å². The number of hydrogen-bond acceptors (Lipinski definition) is 5. The summed E-state index contributed by atoms with van der Waals surface area (Å²) in [7, 11) is 3.92. The van der Waals surface area contributed by atoms with Gasteiger partial charge in [-0.1, -0.05) is 11.3 Å². The summed E-state index contributed by atoms with van der Waals surface area (Å²) < 4.78 is 0.491. The molecule has 0 bridgehead atoms. The van der Waals surface area contributed by atoms with E-state index in [4.69, 9.17) is 18.0 Å². The van der Waals surface area contributed by atoms with Crippen LogP contribution in [0.5, 0.6) is 0 Å². The minimum atomic E-state index is -0.257. The standard InChI is InChI=1S/C12H14N4OS2/c1-16(2)8-5-3-7(4-6-8)14-11(17)9-10(13)15-12(18)19-9/h3-6H,13H2,1-2H3,(H,14,17)(H,15,18). The molecule has 1 amide bonds. The Morgan fingerprint density at radius 3 is 2.47 bits per heavy atom. The van der Waals surface area contributed by atoms with Crippen molar-refractivity contribution >= 4 is 46.7 Å². The molecule has 0 aliphatic heterocycles. The fourth-order valence-electron chi connectivity index (χ4n) is 1.54. The number of nitrogens with zero attached hydrogens (tertiary/aromatic N) is 1. The van der Waals surface area contributed by atoms with Crippen LogP contribution in [0.15, 0.2) is 24.3 Å². The minimum absolute atomic E-state index is 0.257. The van der Waals surface area contributed by atoms with Crippen molar-refractivity contribution in [3.05, 3.63) is 33.1 Å². The van der Waals surface area contributed by atoms with E-state index in [1.807, 2.05) is 43.3 Å². The number of aromatic amines is 1. The molecule has 0 spiro atoms. The quantitative estimate of drug-likeness (QED) is 0.761. The first-order valence-electron chi connectivity index (χ1n) is 5.54. The molecule has 2 aromatic rings. The van der Waals surface area contributed by atoms with E-state index in [0.717, 1.165) is 17.0 Å². The lowest BCUT2D eigenvalue weighted by molar-refractivity contribution is 0.103. The summed E-state index contributed by atoms with van der Waals surface area (Å²) in [5.41, 5.74) is 7.46. The van der Waals surface area contributed by atoms with Gasteiger partial charge in [0.2, 0.25) is 0 Å². The number of hydrogen-bond donors (Lipinski definition) is 3. The average molecular weight is 294 g/mol. The summed E-state index contributed by atoms with van der Waals surface area (Å²) in [4.78, 5) is 17.1. The monoisotopic (exact) mass is 294 g/mol. The Hall–Kier alpha value is -1.86. The van der Waals surface area contributed by atoms with E-state index in [2.05, 4.69) is 10.3 Å². The zero-order valence-electron chi connectivity index (χ0n) is 10.6. The predicted molar refractivity (Wildman–Crippen MR) is 82.6 cm³/mol. The number of nitrogen functional groups attached to an aromatic ring is 1. The topological polar surface area (TPSA) is 74.2 Å². The number of nitrogens with two attached hydrogens (primary N) is 1. The van der Waals surface area contributed by atoms with Gasteiger partial charge in [-0.05, 0) is 36.5 Å². The highest BCUT2D eigenvalue weighted by Gasteiger charge is 2.13. The fraction of sp³-hybridized carbons (Fsp3) is 0.167. The van der Waals surface area contributed by atoms with Crippen LogP contribution >= 0.6 is 23.6 Å². The van der Waals surface area contributed by atoms with Gasteiger partial charge in [-0.15, -0.1) is 0 Å². The van der Waals surface area contributed by atoms with Gasteiger partial charge in [0, 0.05) is 25.5 Å². The number of rotatable bonds is 3. The van der Waals surface area contributed by atoms with Gasteiger partial charge in [0.1, 0.15) is 10.7 Å². The van der Waals surface area contributed by atoms with Crippen LogP contribution in [0, 0.1) is 3.95 Å². The molecule has 5 nitrogen and oxygen atoms in total. The zero-order chi connectivity index (χ0) is 14.0. The van der Waals surface area contributed by atoms with Gasteiger partial charge in [0.15, 0.2) is 3.95 Å². The summed E-state index contributed by atoms with van der Waals surface area (Å²) in [6.45, 7) is 0. The van der Waals surface area contributed by atoms with E-state index in [1.54, 1.807) is 0 Å². The van der Waals surface area contributed by atoms with Crippen LogP contribution < -0.4 is 16.0 Å². The van der Waals surface area contributed by atoms with Crippen molar-refractivity contribution in [3.8, 4) is 0 Å². The number of amides is 1. The van der Waals surface area contributed by atoms with Gasteiger partial charge >= 0.3 is 0 Å². The van der Waals surface area contributed by atoms with Crippen LogP contribution in [0.2, 0.25) is 0 Å². The van der Waals surface area contributed by atoms with Crippen molar-refractivity contribution in [2.75, 3.05) is 30.0 Å². The predicted octanol–water partition coefficient (Wildman–Crippen LogP) is 2.71. The first-order chi connectivity index (χ1) is 8.97. The molecule has 0 radical (unpaired) electrons. The summed E-state index contributed by atoms with van der Waals surface area (Å²) in [5.74, 6) is 0.0462. The molecule has 0 aliphatic carbocycles. The van der Waals surface area contributed by atoms with E-state index < -0.39 is 0 Å². The maximum Gasteiger partial charge on any atom is 0.269 e. The van der Waals surface area contributed by atoms with Crippen molar-refractivity contribution in [2.24, 2.45) is 0 Å². The van der Waals surface area contributed by atoms with E-state index in [9.17, 15) is 4.79 Å². The fourth-order valence-corrected chi connectivity index (χ4v) is 2.55. The number of nitrogens with one attached hydrogen (secondary N) is 2. The Balaban J connectivity index is 2.15. The second kappa shape index (κ2) is 5.41. The largest absolute Gasteiger partial charge is 0.384 e. The Kier molecular flexibility index (Phi) is 3.87. The third-order valence-corrected chi connectivity index (χ3v) is 3.77. The number of carbonyl (C=O) groups excluding carboxylic acids is 1. The van der Waals surface area contributed by atoms with Crippen LogP contribution in [0.1, 0.15) is 9.67 Å². The lowest BCUT2D eigenvalue weighted by atomic mass is 10.2. The SMILES string of the molecule is CN(C)c1ccc(NC(=O)c2sc(=S)[nH]c2N)cc1. The lowest BCUT2D eigenvalue weighted by Crippen LogP contribution is -2.12. The van der Waals surface area contributed by atoms with Gasteiger partial charge in [0.05, 0.1) is 0 Å². The number of H-pyrrole nitrogens is 1. The van der Waals surface area contributed by atoms with Crippen molar-refractivity contribution in [1.29, 1.82) is 0 Å². The van der Waals surface area contributed by atoms with Crippen LogP contribution in [-0.4, -0.2) is 25.0 Å². The molecule has 0 unspecified atom stereocenters. The molecule has 0 atom stereocenters. The molecule has 0 saturated heterocycles. The third-order valence-electron chi connectivity index (χ3n) is 2.52. The first-order valence-corrected chi connectivity index (χ1v) is 6.77. The highest BCUT2D eigenvalue weighted by atomic mass is 32.1.